The summed E-state index contributed by atoms with van der Waals surface area (Å²) in [5.74, 6) is -0.0797. The van der Waals surface area contributed by atoms with E-state index in [1.54, 1.807) is 0 Å². The largest absolute Gasteiger partial charge is 0.298 e. The van der Waals surface area contributed by atoms with Crippen LogP contribution in [0.4, 0.5) is 0 Å². The fourth-order valence-electron chi connectivity index (χ4n) is 2.55. The lowest BCUT2D eigenvalue weighted by atomic mass is 9.48. The number of hydrogen-bond donors (Lipinski definition) is 0. The van der Waals surface area contributed by atoms with Crippen molar-refractivity contribution >= 4 is 52.2 Å². The molecule has 0 heterocycles. The van der Waals surface area contributed by atoms with Gasteiger partial charge < -0.3 is 0 Å². The molecule has 1 spiro atoms. The average Bonchev–Trinajstić information content (AvgIpc) is 1.97. The normalized spacial score (nSPS) is 35.3. The summed E-state index contributed by atoms with van der Waals surface area (Å²) < 4.78 is -1.33. The maximum Gasteiger partial charge on any atom is 0.191 e. The Bertz CT molecular complexity index is 266. The Morgan fingerprint density at radius 1 is 1.36 bits per heavy atom. The van der Waals surface area contributed by atoms with Crippen molar-refractivity contribution in [3.8, 4) is 0 Å². The summed E-state index contributed by atoms with van der Waals surface area (Å²) in [6.45, 7) is 0. The van der Waals surface area contributed by atoms with E-state index in [4.69, 9.17) is 46.4 Å². The molecule has 80 valence electrons. The van der Waals surface area contributed by atoms with Crippen molar-refractivity contribution in [3.63, 3.8) is 0 Å². The molecule has 2 unspecified atom stereocenters. The van der Waals surface area contributed by atoms with E-state index in [-0.39, 0.29) is 22.5 Å². The zero-order valence-corrected chi connectivity index (χ0v) is 10.4. The smallest absolute Gasteiger partial charge is 0.191 e. The van der Waals surface area contributed by atoms with Crippen LogP contribution in [0, 0.1) is 11.3 Å². The number of ketones is 1. The third kappa shape index (κ3) is 1.57. The van der Waals surface area contributed by atoms with Gasteiger partial charge in [-0.2, -0.15) is 0 Å². The molecule has 2 rings (SSSR count). The number of Topliss-reactive ketones (excluding diaryl/α,β-unsaturated/α-hetero) is 1. The van der Waals surface area contributed by atoms with Crippen LogP contribution in [0.5, 0.6) is 0 Å². The van der Waals surface area contributed by atoms with Crippen molar-refractivity contribution in [2.75, 3.05) is 0 Å². The van der Waals surface area contributed by atoms with Crippen LogP contribution in [0.2, 0.25) is 0 Å². The predicted octanol–water partition coefficient (Wildman–Crippen LogP) is 3.72. The third-order valence-electron chi connectivity index (χ3n) is 3.51. The first kappa shape index (κ1) is 11.3. The lowest BCUT2D eigenvalue weighted by molar-refractivity contribution is -0.150. The molecule has 2 fully saturated rings. The molecule has 2 aliphatic rings. The van der Waals surface area contributed by atoms with Crippen LogP contribution < -0.4 is 0 Å². The number of rotatable bonds is 1. The van der Waals surface area contributed by atoms with E-state index < -0.39 is 3.79 Å². The van der Waals surface area contributed by atoms with Gasteiger partial charge in [0.15, 0.2) is 9.58 Å². The zero-order valence-electron chi connectivity index (χ0n) is 7.40. The molecule has 2 atom stereocenters. The van der Waals surface area contributed by atoms with Gasteiger partial charge in [-0.1, -0.05) is 41.2 Å². The highest BCUT2D eigenvalue weighted by molar-refractivity contribution is 6.67. The van der Waals surface area contributed by atoms with Gasteiger partial charge in [0.25, 0.3) is 0 Å². The molecule has 0 aromatic heterocycles. The minimum Gasteiger partial charge on any atom is -0.298 e. The van der Waals surface area contributed by atoms with Crippen molar-refractivity contribution in [1.29, 1.82) is 0 Å². The lowest BCUT2D eigenvalue weighted by Gasteiger charge is -2.58. The van der Waals surface area contributed by atoms with Crippen LogP contribution in [-0.4, -0.2) is 15.0 Å². The van der Waals surface area contributed by atoms with Crippen LogP contribution >= 0.6 is 46.4 Å². The van der Waals surface area contributed by atoms with E-state index in [2.05, 4.69) is 0 Å². The average molecular weight is 276 g/mol. The number of hydrogen-bond acceptors (Lipinski definition) is 1. The molecule has 14 heavy (non-hydrogen) atoms. The summed E-state index contributed by atoms with van der Waals surface area (Å²) in [5.41, 5.74) is -0.0391. The van der Waals surface area contributed by atoms with Crippen molar-refractivity contribution in [3.05, 3.63) is 0 Å². The molecule has 0 aromatic rings. The Morgan fingerprint density at radius 3 is 2.29 bits per heavy atom. The highest BCUT2D eigenvalue weighted by Crippen LogP contribution is 2.62. The van der Waals surface area contributed by atoms with Gasteiger partial charge in [0.05, 0.1) is 5.38 Å². The second kappa shape index (κ2) is 3.41. The van der Waals surface area contributed by atoms with Crippen LogP contribution in [0.15, 0.2) is 0 Å². The van der Waals surface area contributed by atoms with Gasteiger partial charge in [0, 0.05) is 17.8 Å². The van der Waals surface area contributed by atoms with Gasteiger partial charge in [-0.15, -0.1) is 11.6 Å². The predicted molar refractivity (Wildman–Crippen MR) is 59.3 cm³/mol. The van der Waals surface area contributed by atoms with Gasteiger partial charge in [0.2, 0.25) is 0 Å². The molecule has 0 bridgehead atoms. The molecule has 0 saturated heterocycles. The quantitative estimate of drug-likeness (QED) is 0.667. The number of carbonyl (C=O) groups is 1. The summed E-state index contributed by atoms with van der Waals surface area (Å²) in [7, 11) is 0. The van der Waals surface area contributed by atoms with Crippen molar-refractivity contribution in [1.82, 2.24) is 0 Å². The molecule has 5 heteroatoms. The Hall–Kier alpha value is 0.830. The minimum absolute atomic E-state index is 0.0391. The Morgan fingerprint density at radius 2 is 1.93 bits per heavy atom. The van der Waals surface area contributed by atoms with Gasteiger partial charge >= 0.3 is 0 Å². The highest BCUT2D eigenvalue weighted by Gasteiger charge is 2.64. The SMILES string of the molecule is O=C1C(Cl)C2(CCC2)C1CC(Cl)(Cl)Cl. The van der Waals surface area contributed by atoms with Crippen LogP contribution in [-0.2, 0) is 4.79 Å². The van der Waals surface area contributed by atoms with Crippen molar-refractivity contribution < 1.29 is 4.79 Å². The number of alkyl halides is 4. The monoisotopic (exact) mass is 274 g/mol. The molecule has 2 saturated carbocycles. The molecule has 2 aliphatic carbocycles. The molecule has 0 amide bonds. The summed E-state index contributed by atoms with van der Waals surface area (Å²) in [5, 5.41) is -0.339. The topological polar surface area (TPSA) is 17.1 Å². The maximum absolute atomic E-state index is 11.5. The molecular formula is C9H10Cl4O. The summed E-state index contributed by atoms with van der Waals surface area (Å²) in [6.07, 6.45) is 3.43. The lowest BCUT2D eigenvalue weighted by Crippen LogP contribution is -2.63. The molecule has 0 aromatic carbocycles. The second-order valence-corrected chi connectivity index (χ2v) is 7.18. The third-order valence-corrected chi connectivity index (χ3v) is 4.62. The van der Waals surface area contributed by atoms with Gasteiger partial charge in [-0.3, -0.25) is 4.79 Å². The Balaban J connectivity index is 2.08. The van der Waals surface area contributed by atoms with E-state index in [1.165, 1.54) is 0 Å². The van der Waals surface area contributed by atoms with Crippen molar-refractivity contribution in [2.45, 2.75) is 34.9 Å². The second-order valence-electron chi connectivity index (χ2n) is 4.22. The van der Waals surface area contributed by atoms with E-state index in [0.29, 0.717) is 6.42 Å². The van der Waals surface area contributed by atoms with E-state index in [9.17, 15) is 4.79 Å². The molecule has 0 N–H and O–H groups in total. The maximum atomic E-state index is 11.5. The van der Waals surface area contributed by atoms with Gasteiger partial charge in [0.1, 0.15) is 0 Å². The number of carbonyl (C=O) groups excluding carboxylic acids is 1. The summed E-state index contributed by atoms with van der Waals surface area (Å²) in [4.78, 5) is 11.5. The van der Waals surface area contributed by atoms with Gasteiger partial charge in [-0.05, 0) is 12.8 Å². The summed E-state index contributed by atoms with van der Waals surface area (Å²) >= 11 is 23.1. The first-order valence-electron chi connectivity index (χ1n) is 4.61. The van der Waals surface area contributed by atoms with Crippen molar-refractivity contribution in [2.24, 2.45) is 11.3 Å². The number of halogens is 4. The molecule has 0 aliphatic heterocycles. The first-order valence-corrected chi connectivity index (χ1v) is 6.18. The first-order chi connectivity index (χ1) is 6.37. The van der Waals surface area contributed by atoms with E-state index >= 15 is 0 Å². The van der Waals surface area contributed by atoms with E-state index in [0.717, 1.165) is 19.3 Å². The zero-order chi connectivity index (χ0) is 10.6. The fraction of sp³-hybridized carbons (Fsp3) is 0.889. The molecular weight excluding hydrogens is 266 g/mol. The van der Waals surface area contributed by atoms with Crippen LogP contribution in [0.1, 0.15) is 25.7 Å². The minimum atomic E-state index is -1.33. The standard InChI is InChI=1S/C9H10Cl4O/c10-7-6(14)5(4-9(11,12)13)8(7)2-1-3-8/h5,7H,1-4H2. The molecule has 0 radical (unpaired) electrons. The van der Waals surface area contributed by atoms with Crippen LogP contribution in [0.3, 0.4) is 0 Å². The Labute approximate surface area is 103 Å². The highest BCUT2D eigenvalue weighted by atomic mass is 35.6. The van der Waals surface area contributed by atoms with E-state index in [1.807, 2.05) is 0 Å². The van der Waals surface area contributed by atoms with Crippen LogP contribution in [0.25, 0.3) is 0 Å². The van der Waals surface area contributed by atoms with Gasteiger partial charge in [-0.25, -0.2) is 0 Å². The summed E-state index contributed by atoms with van der Waals surface area (Å²) in [6, 6.07) is 0. The fourth-order valence-corrected chi connectivity index (χ4v) is 3.53. The Kier molecular flexibility index (Phi) is 2.76. The molecule has 1 nitrogen and oxygen atoms in total.